The first-order valence-corrected chi connectivity index (χ1v) is 11.0. The first-order chi connectivity index (χ1) is 13.4. The fraction of sp³-hybridized carbons (Fsp3) is 0.421. The predicted octanol–water partition coefficient (Wildman–Crippen LogP) is 2.16. The number of benzene rings is 1. The minimum atomic E-state index is -3.06. The summed E-state index contributed by atoms with van der Waals surface area (Å²) in [7, 11) is -1.78. The fourth-order valence-corrected chi connectivity index (χ4v) is 5.22. The van der Waals surface area contributed by atoms with Crippen LogP contribution in [0.5, 0.6) is 0 Å². The van der Waals surface area contributed by atoms with E-state index in [9.17, 15) is 18.0 Å². The van der Waals surface area contributed by atoms with Crippen LogP contribution in [0.15, 0.2) is 30.3 Å². The molecule has 4 rings (SSSR count). The Morgan fingerprint density at radius 2 is 1.96 bits per heavy atom. The van der Waals surface area contributed by atoms with E-state index in [0.717, 1.165) is 18.5 Å². The van der Waals surface area contributed by atoms with Gasteiger partial charge in [-0.15, -0.1) is 0 Å². The Kier molecular flexibility index (Phi) is 4.70. The number of para-hydroxylation sites is 1. The highest BCUT2D eigenvalue weighted by molar-refractivity contribution is 7.91. The second kappa shape index (κ2) is 7.05. The number of amides is 1. The van der Waals surface area contributed by atoms with Gasteiger partial charge in [0.25, 0.3) is 5.91 Å². The highest BCUT2D eigenvalue weighted by Gasteiger charge is 2.36. The maximum absolute atomic E-state index is 12.8. The van der Waals surface area contributed by atoms with Crippen LogP contribution in [0.1, 0.15) is 57.8 Å². The number of nitrogens with zero attached hydrogens (tertiary/aromatic N) is 2. The van der Waals surface area contributed by atoms with Gasteiger partial charge in [-0.25, -0.2) is 13.2 Å². The van der Waals surface area contributed by atoms with Crippen LogP contribution in [0, 0.1) is 0 Å². The van der Waals surface area contributed by atoms with E-state index in [1.807, 2.05) is 0 Å². The van der Waals surface area contributed by atoms with E-state index in [1.54, 1.807) is 35.0 Å². The standard InChI is InChI=1S/C19H21N3O5S/c1-27-19(24)14-4-2-3-5-15(14)20-18(23)16-10-17(12-6-7-12)22(21-16)13-8-9-28(25,26)11-13/h2-5,10,12-13H,6-9,11H2,1H3,(H,20,23). The van der Waals surface area contributed by atoms with Crippen molar-refractivity contribution in [2.24, 2.45) is 0 Å². The summed E-state index contributed by atoms with van der Waals surface area (Å²) in [6.07, 6.45) is 2.53. The zero-order valence-electron chi connectivity index (χ0n) is 15.4. The highest BCUT2D eigenvalue weighted by atomic mass is 32.2. The lowest BCUT2D eigenvalue weighted by molar-refractivity contribution is 0.0602. The molecule has 148 valence electrons. The van der Waals surface area contributed by atoms with Gasteiger partial charge in [0.05, 0.1) is 35.9 Å². The Labute approximate surface area is 162 Å². The van der Waals surface area contributed by atoms with Crippen LogP contribution in [-0.2, 0) is 14.6 Å². The van der Waals surface area contributed by atoms with Crippen LogP contribution in [0.3, 0.4) is 0 Å². The Morgan fingerprint density at radius 1 is 1.21 bits per heavy atom. The van der Waals surface area contributed by atoms with E-state index in [2.05, 4.69) is 10.4 Å². The minimum absolute atomic E-state index is 0.0562. The van der Waals surface area contributed by atoms with Gasteiger partial charge in [0.2, 0.25) is 0 Å². The average Bonchev–Trinajstić information content (AvgIpc) is 3.32. The van der Waals surface area contributed by atoms with Crippen LogP contribution >= 0.6 is 0 Å². The maximum atomic E-state index is 12.8. The molecule has 1 atom stereocenters. The number of hydrogen-bond donors (Lipinski definition) is 1. The van der Waals surface area contributed by atoms with Crippen molar-refractivity contribution in [3.8, 4) is 0 Å². The Hall–Kier alpha value is -2.68. The molecule has 1 N–H and O–H groups in total. The molecule has 2 fully saturated rings. The molecule has 1 saturated heterocycles. The normalized spacial score (nSPS) is 20.7. The van der Waals surface area contributed by atoms with Crippen molar-refractivity contribution in [3.63, 3.8) is 0 Å². The number of sulfone groups is 1. The number of methoxy groups -OCH3 is 1. The maximum Gasteiger partial charge on any atom is 0.339 e. The molecule has 1 amide bonds. The molecule has 1 aliphatic heterocycles. The Morgan fingerprint density at radius 3 is 2.61 bits per heavy atom. The molecule has 28 heavy (non-hydrogen) atoms. The predicted molar refractivity (Wildman–Crippen MR) is 102 cm³/mol. The van der Waals surface area contributed by atoms with E-state index in [1.165, 1.54) is 7.11 Å². The van der Waals surface area contributed by atoms with Crippen LogP contribution in [0.25, 0.3) is 0 Å². The third kappa shape index (κ3) is 3.66. The molecule has 1 aromatic carbocycles. The lowest BCUT2D eigenvalue weighted by atomic mass is 10.1. The number of nitrogens with one attached hydrogen (secondary N) is 1. The van der Waals surface area contributed by atoms with Gasteiger partial charge in [-0.1, -0.05) is 12.1 Å². The number of rotatable bonds is 5. The van der Waals surface area contributed by atoms with Gasteiger partial charge in [0.15, 0.2) is 15.5 Å². The summed E-state index contributed by atoms with van der Waals surface area (Å²) in [6, 6.07) is 8.08. The quantitative estimate of drug-likeness (QED) is 0.767. The van der Waals surface area contributed by atoms with Crippen molar-refractivity contribution < 1.29 is 22.7 Å². The van der Waals surface area contributed by atoms with Crippen molar-refractivity contribution >= 4 is 27.4 Å². The summed E-state index contributed by atoms with van der Waals surface area (Å²) in [4.78, 5) is 24.7. The summed E-state index contributed by atoms with van der Waals surface area (Å²) in [5.41, 5.74) is 1.71. The third-order valence-electron chi connectivity index (χ3n) is 5.13. The van der Waals surface area contributed by atoms with E-state index in [0.29, 0.717) is 18.0 Å². The van der Waals surface area contributed by atoms with Crippen molar-refractivity contribution in [2.75, 3.05) is 23.9 Å². The molecule has 2 aromatic rings. The zero-order chi connectivity index (χ0) is 19.9. The summed E-state index contributed by atoms with van der Waals surface area (Å²) in [6.45, 7) is 0. The van der Waals surface area contributed by atoms with E-state index in [-0.39, 0.29) is 28.8 Å². The largest absolute Gasteiger partial charge is 0.465 e. The van der Waals surface area contributed by atoms with Gasteiger partial charge in [0.1, 0.15) is 0 Å². The van der Waals surface area contributed by atoms with E-state index >= 15 is 0 Å². The number of esters is 1. The third-order valence-corrected chi connectivity index (χ3v) is 6.88. The first kappa shape index (κ1) is 18.7. The number of anilines is 1. The second-order valence-electron chi connectivity index (χ2n) is 7.22. The number of aromatic nitrogens is 2. The molecule has 1 aliphatic carbocycles. The van der Waals surface area contributed by atoms with E-state index in [4.69, 9.17) is 4.74 Å². The van der Waals surface area contributed by atoms with Crippen molar-refractivity contribution in [1.29, 1.82) is 0 Å². The van der Waals surface area contributed by atoms with Gasteiger partial charge in [-0.3, -0.25) is 9.48 Å². The van der Waals surface area contributed by atoms with Crippen molar-refractivity contribution in [2.45, 2.75) is 31.2 Å². The topological polar surface area (TPSA) is 107 Å². The van der Waals surface area contributed by atoms with Gasteiger partial charge in [-0.2, -0.15) is 5.10 Å². The summed E-state index contributed by atoms with van der Waals surface area (Å²) >= 11 is 0. The minimum Gasteiger partial charge on any atom is -0.465 e. The molecule has 2 heterocycles. The molecule has 1 saturated carbocycles. The molecular formula is C19H21N3O5S. The highest BCUT2D eigenvalue weighted by Crippen LogP contribution is 2.42. The summed E-state index contributed by atoms with van der Waals surface area (Å²) in [5, 5.41) is 7.15. The molecule has 9 heteroatoms. The lowest BCUT2D eigenvalue weighted by Crippen LogP contribution is -2.18. The number of carbonyl (C=O) groups is 2. The van der Waals surface area contributed by atoms with Gasteiger partial charge in [-0.05, 0) is 37.5 Å². The summed E-state index contributed by atoms with van der Waals surface area (Å²) in [5.74, 6) is -0.468. The lowest BCUT2D eigenvalue weighted by Gasteiger charge is -2.12. The smallest absolute Gasteiger partial charge is 0.339 e. The SMILES string of the molecule is COC(=O)c1ccccc1NC(=O)c1cc(C2CC2)n(C2CCS(=O)(=O)C2)n1. The summed E-state index contributed by atoms with van der Waals surface area (Å²) < 4.78 is 30.2. The zero-order valence-corrected chi connectivity index (χ0v) is 16.2. The Balaban J connectivity index is 1.61. The van der Waals surface area contributed by atoms with Gasteiger partial charge in [0, 0.05) is 11.6 Å². The first-order valence-electron chi connectivity index (χ1n) is 9.16. The molecule has 2 aliphatic rings. The second-order valence-corrected chi connectivity index (χ2v) is 9.45. The van der Waals surface area contributed by atoms with Crippen LogP contribution in [-0.4, -0.2) is 48.7 Å². The molecule has 1 aromatic heterocycles. The molecule has 8 nitrogen and oxygen atoms in total. The average molecular weight is 403 g/mol. The van der Waals surface area contributed by atoms with E-state index < -0.39 is 21.7 Å². The molecule has 0 bridgehead atoms. The fourth-order valence-electron chi connectivity index (χ4n) is 3.53. The molecular weight excluding hydrogens is 382 g/mol. The Bertz CT molecular complexity index is 1040. The molecule has 1 unspecified atom stereocenters. The molecule has 0 spiro atoms. The van der Waals surface area contributed by atoms with Crippen molar-refractivity contribution in [1.82, 2.24) is 9.78 Å². The molecule has 0 radical (unpaired) electrons. The van der Waals surface area contributed by atoms with Gasteiger partial charge < -0.3 is 10.1 Å². The number of carbonyl (C=O) groups excluding carboxylic acids is 2. The van der Waals surface area contributed by atoms with Crippen LogP contribution in [0.4, 0.5) is 5.69 Å². The van der Waals surface area contributed by atoms with Gasteiger partial charge >= 0.3 is 5.97 Å². The van der Waals surface area contributed by atoms with Crippen LogP contribution in [0.2, 0.25) is 0 Å². The van der Waals surface area contributed by atoms with Crippen LogP contribution < -0.4 is 5.32 Å². The van der Waals surface area contributed by atoms with Crippen molar-refractivity contribution in [3.05, 3.63) is 47.3 Å². The number of hydrogen-bond acceptors (Lipinski definition) is 6. The monoisotopic (exact) mass is 403 g/mol. The number of ether oxygens (including phenoxy) is 1.